The Kier molecular flexibility index (Phi) is 7.16. The van der Waals surface area contributed by atoms with Crippen LogP contribution in [0.25, 0.3) is 5.69 Å². The largest absolute Gasteiger partial charge is 0.385 e. The van der Waals surface area contributed by atoms with Crippen molar-refractivity contribution in [2.45, 2.75) is 6.42 Å². The van der Waals surface area contributed by atoms with E-state index < -0.39 is 0 Å². The molecule has 3 rings (SSSR count). The van der Waals surface area contributed by atoms with Gasteiger partial charge in [-0.05, 0) is 24.6 Å². The van der Waals surface area contributed by atoms with E-state index in [-0.39, 0.29) is 11.8 Å². The Bertz CT molecular complexity index is 769. The molecule has 2 aromatic rings. The minimum atomic E-state index is -0.0710. The molecule has 1 saturated heterocycles. The molecule has 0 radical (unpaired) electrons. The number of methoxy groups -OCH3 is 1. The summed E-state index contributed by atoms with van der Waals surface area (Å²) in [5.74, 6) is -0.0594. The van der Waals surface area contributed by atoms with Crippen molar-refractivity contribution in [1.82, 2.24) is 24.9 Å². The maximum absolute atomic E-state index is 12.7. The zero-order valence-electron chi connectivity index (χ0n) is 16.2. The van der Waals surface area contributed by atoms with E-state index in [4.69, 9.17) is 4.74 Å². The number of hydrogen-bond donors (Lipinski definition) is 1. The molecule has 8 heteroatoms. The van der Waals surface area contributed by atoms with Crippen molar-refractivity contribution in [3.05, 3.63) is 48.3 Å². The number of hydrogen-bond acceptors (Lipinski definition) is 5. The van der Waals surface area contributed by atoms with Crippen LogP contribution in [-0.2, 0) is 9.53 Å². The molecule has 0 bridgehead atoms. The predicted molar refractivity (Wildman–Crippen MR) is 105 cm³/mol. The summed E-state index contributed by atoms with van der Waals surface area (Å²) in [6.07, 6.45) is 2.60. The van der Waals surface area contributed by atoms with E-state index in [1.54, 1.807) is 29.0 Å². The molecule has 2 heterocycles. The molecule has 8 nitrogen and oxygen atoms in total. The van der Waals surface area contributed by atoms with Crippen molar-refractivity contribution in [3.8, 4) is 5.69 Å². The number of amides is 2. The van der Waals surface area contributed by atoms with Crippen LogP contribution >= 0.6 is 0 Å². The summed E-state index contributed by atoms with van der Waals surface area (Å²) in [4.78, 5) is 28.5. The SMILES string of the molecule is COCCCNC(=O)CN1CCN(C(=O)c2ccn(-c3ccccc3)n2)CC1. The maximum atomic E-state index is 12.7. The van der Waals surface area contributed by atoms with Crippen molar-refractivity contribution in [2.24, 2.45) is 0 Å². The van der Waals surface area contributed by atoms with Gasteiger partial charge in [0.25, 0.3) is 5.91 Å². The topological polar surface area (TPSA) is 79.7 Å². The van der Waals surface area contributed by atoms with Crippen molar-refractivity contribution in [1.29, 1.82) is 0 Å². The summed E-state index contributed by atoms with van der Waals surface area (Å²) in [7, 11) is 1.65. The fourth-order valence-electron chi connectivity index (χ4n) is 3.14. The minimum absolute atomic E-state index is 0.0116. The second-order valence-electron chi connectivity index (χ2n) is 6.75. The van der Waals surface area contributed by atoms with Gasteiger partial charge in [-0.3, -0.25) is 14.5 Å². The van der Waals surface area contributed by atoms with Crippen molar-refractivity contribution < 1.29 is 14.3 Å². The average molecular weight is 385 g/mol. The normalized spacial score (nSPS) is 14.8. The Morgan fingerprint density at radius 2 is 1.86 bits per heavy atom. The zero-order valence-corrected chi connectivity index (χ0v) is 16.2. The summed E-state index contributed by atoms with van der Waals surface area (Å²) in [6.45, 7) is 4.16. The predicted octanol–water partition coefficient (Wildman–Crippen LogP) is 0.783. The smallest absolute Gasteiger partial charge is 0.274 e. The first-order valence-electron chi connectivity index (χ1n) is 9.56. The molecule has 150 valence electrons. The zero-order chi connectivity index (χ0) is 19.8. The highest BCUT2D eigenvalue weighted by Gasteiger charge is 2.24. The third-order valence-corrected chi connectivity index (χ3v) is 4.70. The highest BCUT2D eigenvalue weighted by Crippen LogP contribution is 2.10. The summed E-state index contributed by atoms with van der Waals surface area (Å²) in [5, 5.41) is 7.30. The Morgan fingerprint density at radius 1 is 1.11 bits per heavy atom. The molecule has 0 saturated carbocycles. The van der Waals surface area contributed by atoms with E-state index in [0.717, 1.165) is 12.1 Å². The molecule has 1 aliphatic rings. The van der Waals surface area contributed by atoms with Gasteiger partial charge in [0.1, 0.15) is 0 Å². The van der Waals surface area contributed by atoms with Crippen LogP contribution in [0.5, 0.6) is 0 Å². The average Bonchev–Trinajstić information content (AvgIpc) is 3.22. The van der Waals surface area contributed by atoms with Crippen molar-refractivity contribution >= 4 is 11.8 Å². The van der Waals surface area contributed by atoms with Crippen LogP contribution in [0.4, 0.5) is 0 Å². The first-order chi connectivity index (χ1) is 13.7. The Balaban J connectivity index is 1.45. The summed E-state index contributed by atoms with van der Waals surface area (Å²) >= 11 is 0. The molecule has 0 atom stereocenters. The minimum Gasteiger partial charge on any atom is -0.385 e. The lowest BCUT2D eigenvalue weighted by Crippen LogP contribution is -2.51. The quantitative estimate of drug-likeness (QED) is 0.680. The number of aromatic nitrogens is 2. The van der Waals surface area contributed by atoms with Gasteiger partial charge in [0.2, 0.25) is 5.91 Å². The van der Waals surface area contributed by atoms with Gasteiger partial charge in [-0.2, -0.15) is 5.10 Å². The van der Waals surface area contributed by atoms with Crippen molar-refractivity contribution in [2.75, 3.05) is 53.0 Å². The lowest BCUT2D eigenvalue weighted by molar-refractivity contribution is -0.122. The van der Waals surface area contributed by atoms with Gasteiger partial charge < -0.3 is 15.0 Å². The summed E-state index contributed by atoms with van der Waals surface area (Å²) in [5.41, 5.74) is 1.36. The lowest BCUT2D eigenvalue weighted by atomic mass is 10.2. The number of carbonyl (C=O) groups excluding carboxylic acids is 2. The van der Waals surface area contributed by atoms with Crippen LogP contribution in [-0.4, -0.2) is 84.4 Å². The highest BCUT2D eigenvalue weighted by molar-refractivity contribution is 5.92. The van der Waals surface area contributed by atoms with Gasteiger partial charge >= 0.3 is 0 Å². The fourth-order valence-corrected chi connectivity index (χ4v) is 3.14. The van der Waals surface area contributed by atoms with Gasteiger partial charge in [-0.15, -0.1) is 0 Å². The molecule has 0 aliphatic carbocycles. The highest BCUT2D eigenvalue weighted by atomic mass is 16.5. The molecule has 1 N–H and O–H groups in total. The van der Waals surface area contributed by atoms with Gasteiger partial charge in [0, 0.05) is 52.6 Å². The monoisotopic (exact) mass is 385 g/mol. The molecule has 0 spiro atoms. The number of piperazine rings is 1. The summed E-state index contributed by atoms with van der Waals surface area (Å²) in [6, 6.07) is 11.4. The van der Waals surface area contributed by atoms with Crippen LogP contribution in [0.15, 0.2) is 42.6 Å². The molecule has 1 aromatic carbocycles. The van der Waals surface area contributed by atoms with Crippen LogP contribution in [0.2, 0.25) is 0 Å². The number of para-hydroxylation sites is 1. The number of benzene rings is 1. The van der Waals surface area contributed by atoms with Crippen LogP contribution in [0.1, 0.15) is 16.9 Å². The van der Waals surface area contributed by atoms with E-state index in [0.29, 0.717) is 51.6 Å². The first kappa shape index (κ1) is 20.0. The molecular weight excluding hydrogens is 358 g/mol. The molecule has 1 fully saturated rings. The van der Waals surface area contributed by atoms with E-state index in [1.807, 2.05) is 30.3 Å². The van der Waals surface area contributed by atoms with Gasteiger partial charge in [-0.1, -0.05) is 18.2 Å². The lowest BCUT2D eigenvalue weighted by Gasteiger charge is -2.33. The number of ether oxygens (including phenoxy) is 1. The number of rotatable bonds is 8. The number of nitrogens with zero attached hydrogens (tertiary/aromatic N) is 4. The van der Waals surface area contributed by atoms with E-state index in [2.05, 4.69) is 15.3 Å². The molecule has 1 aromatic heterocycles. The van der Waals surface area contributed by atoms with E-state index >= 15 is 0 Å². The molecule has 2 amide bonds. The first-order valence-corrected chi connectivity index (χ1v) is 9.56. The van der Waals surface area contributed by atoms with Gasteiger partial charge in [-0.25, -0.2) is 4.68 Å². The maximum Gasteiger partial charge on any atom is 0.274 e. The second kappa shape index (κ2) is 10.0. The van der Waals surface area contributed by atoms with Crippen LogP contribution < -0.4 is 5.32 Å². The Morgan fingerprint density at radius 3 is 2.57 bits per heavy atom. The van der Waals surface area contributed by atoms with Gasteiger partial charge in [0.15, 0.2) is 5.69 Å². The Labute approximate surface area is 165 Å². The number of nitrogens with one attached hydrogen (secondary N) is 1. The van der Waals surface area contributed by atoms with Crippen LogP contribution in [0.3, 0.4) is 0 Å². The standard InChI is InChI=1S/C20H27N5O3/c1-28-15-5-9-21-19(26)16-23-11-13-24(14-12-23)20(27)18-8-10-25(22-18)17-6-3-2-4-7-17/h2-4,6-8,10H,5,9,11-16H2,1H3,(H,21,26). The summed E-state index contributed by atoms with van der Waals surface area (Å²) < 4.78 is 6.67. The Hall–Kier alpha value is -2.71. The third kappa shape index (κ3) is 5.40. The molecular formula is C20H27N5O3. The van der Waals surface area contributed by atoms with E-state index in [9.17, 15) is 9.59 Å². The van der Waals surface area contributed by atoms with Crippen molar-refractivity contribution in [3.63, 3.8) is 0 Å². The molecule has 0 unspecified atom stereocenters. The third-order valence-electron chi connectivity index (χ3n) is 4.70. The van der Waals surface area contributed by atoms with Crippen LogP contribution in [0, 0.1) is 0 Å². The number of carbonyl (C=O) groups is 2. The molecule has 1 aliphatic heterocycles. The molecule has 28 heavy (non-hydrogen) atoms. The fraction of sp³-hybridized carbons (Fsp3) is 0.450. The van der Waals surface area contributed by atoms with Gasteiger partial charge in [0.05, 0.1) is 12.2 Å². The van der Waals surface area contributed by atoms with E-state index in [1.165, 1.54) is 0 Å². The second-order valence-corrected chi connectivity index (χ2v) is 6.75.